The van der Waals surface area contributed by atoms with Crippen LogP contribution >= 0.6 is 7.82 Å². The van der Waals surface area contributed by atoms with Crippen LogP contribution in [0.3, 0.4) is 0 Å². The Labute approximate surface area is 62.4 Å². The fraction of sp³-hybridized carbons (Fsp3) is 0. The third kappa shape index (κ3) is 137. The van der Waals surface area contributed by atoms with Gasteiger partial charge >= 0.3 is 16.5 Å². The Morgan fingerprint density at radius 2 is 1.14 bits per heavy atom. The molecule has 0 unspecified atom stereocenters. The minimum absolute atomic E-state index is 0. The largest absolute Gasteiger partial charge is 2.00 e. The van der Waals surface area contributed by atoms with Gasteiger partial charge in [0.05, 0.1) is 0 Å². The summed E-state index contributed by atoms with van der Waals surface area (Å²) < 4.78 is 8.55. The zero-order chi connectivity index (χ0) is 4.50. The van der Waals surface area contributed by atoms with Gasteiger partial charge in [-0.25, -0.2) is 0 Å². The number of phosphoric acid groups is 1. The predicted molar refractivity (Wildman–Crippen MR) is 7.61 cm³/mol. The smallest absolute Gasteiger partial charge is 0.822 e. The first-order valence-corrected chi connectivity index (χ1v) is 2.19. The Morgan fingerprint density at radius 3 is 1.14 bits per heavy atom. The molecule has 0 heterocycles. The van der Waals surface area contributed by atoms with Crippen molar-refractivity contribution in [3.05, 3.63) is 0 Å². The van der Waals surface area contributed by atoms with Crippen molar-refractivity contribution in [1.29, 1.82) is 0 Å². The van der Waals surface area contributed by atoms with E-state index in [1.165, 1.54) is 0 Å². The molecule has 7 heavy (non-hydrogen) atoms. The Bertz CT molecular complexity index is 57.8. The van der Waals surface area contributed by atoms with Crippen LogP contribution in [0.1, 0.15) is 0 Å². The van der Waals surface area contributed by atoms with E-state index in [4.69, 9.17) is 19.2 Å². The minimum atomic E-state index is -5.39. The van der Waals surface area contributed by atoms with Gasteiger partial charge in [0, 0.05) is 18.6 Å². The van der Waals surface area contributed by atoms with E-state index in [0.29, 0.717) is 0 Å². The summed E-state index contributed by atoms with van der Waals surface area (Å²) >= 11 is 0. The molecule has 0 aliphatic heterocycles. The van der Waals surface area contributed by atoms with Crippen molar-refractivity contribution < 1.29 is 54.3 Å². The minimum Gasteiger partial charge on any atom is -0.822 e. The van der Waals surface area contributed by atoms with Gasteiger partial charge in [-0.05, 0) is 0 Å². The van der Waals surface area contributed by atoms with Crippen LogP contribution in [-0.4, -0.2) is 0 Å². The third-order valence-corrected chi connectivity index (χ3v) is 0. The molecule has 0 N–H and O–H groups in total. The van der Waals surface area contributed by atoms with Gasteiger partial charge in [0.15, 0.2) is 0 Å². The zero-order valence-corrected chi connectivity index (χ0v) is 6.12. The molecule has 4 nitrogen and oxygen atoms in total. The van der Waals surface area contributed by atoms with Crippen LogP contribution in [0, 0.1) is 0 Å². The standard InChI is InChI=1S/Ni.H3O4P.V/c;1-5(2,3)4;/h;(H3,1,2,3,4);/q+2;;/p-3. The van der Waals surface area contributed by atoms with Gasteiger partial charge in [-0.2, -0.15) is 7.82 Å². The predicted octanol–water partition coefficient (Wildman–Crippen LogP) is -2.83. The molecule has 0 bridgehead atoms. The molecular formula is NiO4PV-. The van der Waals surface area contributed by atoms with Crippen LogP contribution in [0.15, 0.2) is 0 Å². The van der Waals surface area contributed by atoms with E-state index in [0.717, 1.165) is 0 Å². The summed E-state index contributed by atoms with van der Waals surface area (Å²) in [6.45, 7) is 0. The monoisotopic (exact) mass is 204 g/mol. The maximum absolute atomic E-state index is 8.55. The fourth-order valence-corrected chi connectivity index (χ4v) is 0. The number of hydrogen-bond acceptors (Lipinski definition) is 4. The second kappa shape index (κ2) is 5.33. The van der Waals surface area contributed by atoms with Crippen molar-refractivity contribution in [2.45, 2.75) is 0 Å². The molecule has 45 valence electrons. The average molecular weight is 205 g/mol. The zero-order valence-electron chi connectivity index (χ0n) is 2.84. The molecule has 0 aromatic heterocycles. The molecule has 7 heteroatoms. The van der Waals surface area contributed by atoms with E-state index in [9.17, 15) is 0 Å². The van der Waals surface area contributed by atoms with Crippen molar-refractivity contribution in [2.24, 2.45) is 0 Å². The quantitative estimate of drug-likeness (QED) is 0.314. The molecule has 0 rings (SSSR count). The van der Waals surface area contributed by atoms with Crippen LogP contribution in [-0.2, 0) is 39.6 Å². The summed E-state index contributed by atoms with van der Waals surface area (Å²) in [5.74, 6) is 0. The van der Waals surface area contributed by atoms with Crippen molar-refractivity contribution in [3.8, 4) is 0 Å². The van der Waals surface area contributed by atoms with Crippen molar-refractivity contribution in [2.75, 3.05) is 0 Å². The molecule has 0 aromatic rings. The van der Waals surface area contributed by atoms with Crippen LogP contribution in [0.5, 0.6) is 0 Å². The molecule has 0 atom stereocenters. The first-order chi connectivity index (χ1) is 2.00. The number of hydrogen-bond donors (Lipinski definition) is 0. The molecular weight excluding hydrogens is 205 g/mol. The van der Waals surface area contributed by atoms with Gasteiger partial charge in [-0.3, -0.25) is 0 Å². The van der Waals surface area contributed by atoms with Crippen LogP contribution in [0.4, 0.5) is 0 Å². The average Bonchev–Trinajstić information content (AvgIpc) is 0.722. The van der Waals surface area contributed by atoms with Gasteiger partial charge in [0.2, 0.25) is 0 Å². The Balaban J connectivity index is -0.0000000800. The molecule has 0 saturated carbocycles. The van der Waals surface area contributed by atoms with Gasteiger partial charge in [-0.1, -0.05) is 0 Å². The first-order valence-electron chi connectivity index (χ1n) is 0.730. The van der Waals surface area contributed by atoms with Crippen molar-refractivity contribution >= 4 is 7.82 Å². The Hall–Kier alpha value is 1.19. The van der Waals surface area contributed by atoms with E-state index in [1.54, 1.807) is 0 Å². The Morgan fingerprint density at radius 1 is 1.14 bits per heavy atom. The summed E-state index contributed by atoms with van der Waals surface area (Å²) in [6.07, 6.45) is 0. The molecule has 0 aliphatic rings. The molecule has 0 aromatic carbocycles. The maximum atomic E-state index is 8.55. The maximum Gasteiger partial charge on any atom is 2.00 e. The molecule has 0 fully saturated rings. The molecule has 0 aliphatic carbocycles. The van der Waals surface area contributed by atoms with Crippen LogP contribution in [0.2, 0.25) is 0 Å². The molecule has 1 radical (unpaired) electrons. The summed E-state index contributed by atoms with van der Waals surface area (Å²) in [4.78, 5) is 25.6. The first kappa shape index (κ1) is 15.7. The van der Waals surface area contributed by atoms with Gasteiger partial charge in [0.25, 0.3) is 0 Å². The van der Waals surface area contributed by atoms with E-state index in [2.05, 4.69) is 0 Å². The normalized spacial score (nSPS) is 8.43. The van der Waals surface area contributed by atoms with Crippen LogP contribution in [0.25, 0.3) is 0 Å². The van der Waals surface area contributed by atoms with E-state index in [-0.39, 0.29) is 35.0 Å². The molecule has 0 spiro atoms. The fourth-order valence-electron chi connectivity index (χ4n) is 0. The molecule has 0 amide bonds. The second-order valence-corrected chi connectivity index (χ2v) is 1.34. The van der Waals surface area contributed by atoms with E-state index in [1.807, 2.05) is 0 Å². The van der Waals surface area contributed by atoms with Crippen molar-refractivity contribution in [1.82, 2.24) is 0 Å². The van der Waals surface area contributed by atoms with Gasteiger partial charge in [0.1, 0.15) is 0 Å². The second-order valence-electron chi connectivity index (χ2n) is 0.447. The van der Waals surface area contributed by atoms with Crippen molar-refractivity contribution in [3.63, 3.8) is 0 Å². The summed E-state index contributed by atoms with van der Waals surface area (Å²) in [6, 6.07) is 0. The van der Waals surface area contributed by atoms with Crippen LogP contribution < -0.4 is 14.7 Å². The number of rotatable bonds is 0. The third-order valence-electron chi connectivity index (χ3n) is 0. The summed E-state index contributed by atoms with van der Waals surface area (Å²) in [5, 5.41) is 0. The van der Waals surface area contributed by atoms with E-state index >= 15 is 0 Å². The van der Waals surface area contributed by atoms with E-state index < -0.39 is 7.82 Å². The van der Waals surface area contributed by atoms with Gasteiger partial charge in [-0.15, -0.1) is 0 Å². The SMILES string of the molecule is O=P([O-])([O-])[O-].[Ni+2].[V]. The summed E-state index contributed by atoms with van der Waals surface area (Å²) in [7, 11) is -5.39. The summed E-state index contributed by atoms with van der Waals surface area (Å²) in [5.41, 5.74) is 0. The molecule has 0 saturated heterocycles. The Kier molecular flexibility index (Phi) is 12.0. The van der Waals surface area contributed by atoms with Gasteiger partial charge < -0.3 is 19.2 Å². The topological polar surface area (TPSA) is 86.2 Å².